The number of ether oxygens (including phenoxy) is 1. The van der Waals surface area contributed by atoms with Crippen molar-refractivity contribution < 1.29 is 38.3 Å². The van der Waals surface area contributed by atoms with Crippen LogP contribution in [-0.4, -0.2) is 124 Å². The van der Waals surface area contributed by atoms with Crippen LogP contribution in [0.4, 0.5) is 0 Å². The number of nitrogens with zero attached hydrogens (tertiary/aromatic N) is 4. The van der Waals surface area contributed by atoms with E-state index in [1.165, 1.54) is 14.7 Å². The number of hydrogen-bond acceptors (Lipinski definition) is 9. The molecule has 5 heterocycles. The molecule has 7 atom stereocenters. The summed E-state index contributed by atoms with van der Waals surface area (Å²) in [7, 11) is 0. The SMILES string of the molecule is C[C@H]1C[C@H]2C(=O)OC[C@H](NC(=O)[C@H](Cc3ccccc3)NC(=O)Cc3cccnc3)C(=O)N3CCC[C@H]3C(=O)N3CCCC[C@H]3C(=O)N[C@@H](C)C(=O)N2C1. The first kappa shape index (κ1) is 38.4. The van der Waals surface area contributed by atoms with Gasteiger partial charge >= 0.3 is 5.97 Å². The average Bonchev–Trinajstić information content (AvgIpc) is 3.83. The molecule has 15 nitrogen and oxygen atoms in total. The van der Waals surface area contributed by atoms with Crippen LogP contribution in [0.3, 0.4) is 0 Å². The summed E-state index contributed by atoms with van der Waals surface area (Å²) in [6.45, 7) is 3.71. The van der Waals surface area contributed by atoms with Gasteiger partial charge in [-0.15, -0.1) is 0 Å². The first-order valence-electron chi connectivity index (χ1n) is 18.9. The van der Waals surface area contributed by atoms with Gasteiger partial charge in [0.25, 0.3) is 0 Å². The molecule has 1 aromatic heterocycles. The van der Waals surface area contributed by atoms with Crippen molar-refractivity contribution >= 4 is 41.4 Å². The molecule has 288 valence electrons. The molecule has 54 heavy (non-hydrogen) atoms. The summed E-state index contributed by atoms with van der Waals surface area (Å²) in [5.41, 5.74) is 1.41. The molecule has 2 aromatic rings. The number of carbonyl (C=O) groups excluding carboxylic acids is 7. The molecule has 4 saturated heterocycles. The number of amides is 6. The second kappa shape index (κ2) is 17.2. The summed E-state index contributed by atoms with van der Waals surface area (Å²) in [6.07, 6.45) is 6.20. The van der Waals surface area contributed by atoms with Gasteiger partial charge in [0.15, 0.2) is 0 Å². The third-order valence-electron chi connectivity index (χ3n) is 10.7. The Morgan fingerprint density at radius 1 is 0.852 bits per heavy atom. The van der Waals surface area contributed by atoms with Crippen LogP contribution in [0.1, 0.15) is 63.5 Å². The summed E-state index contributed by atoms with van der Waals surface area (Å²) in [4.78, 5) is 105. The lowest BCUT2D eigenvalue weighted by Gasteiger charge is -2.39. The number of pyridine rings is 1. The number of hydrogen-bond donors (Lipinski definition) is 3. The number of piperidine rings is 1. The third-order valence-corrected chi connectivity index (χ3v) is 10.7. The van der Waals surface area contributed by atoms with E-state index in [4.69, 9.17) is 4.74 Å². The summed E-state index contributed by atoms with van der Waals surface area (Å²) in [6, 6.07) is 6.36. The zero-order valence-corrected chi connectivity index (χ0v) is 30.8. The zero-order chi connectivity index (χ0) is 38.4. The zero-order valence-electron chi connectivity index (χ0n) is 30.8. The molecule has 6 amide bonds. The number of cyclic esters (lactones) is 1. The van der Waals surface area contributed by atoms with Crippen LogP contribution in [-0.2, 0) is 51.1 Å². The fourth-order valence-corrected chi connectivity index (χ4v) is 7.98. The van der Waals surface area contributed by atoms with Crippen molar-refractivity contribution in [3.05, 3.63) is 66.0 Å². The number of rotatable bonds is 7. The van der Waals surface area contributed by atoms with Crippen LogP contribution in [0.2, 0.25) is 0 Å². The predicted octanol–water partition coefficient (Wildman–Crippen LogP) is 0.507. The molecule has 1 aromatic carbocycles. The van der Waals surface area contributed by atoms with E-state index in [0.29, 0.717) is 50.6 Å². The highest BCUT2D eigenvalue weighted by Gasteiger charge is 2.46. The summed E-state index contributed by atoms with van der Waals surface area (Å²) in [5, 5.41) is 8.34. The van der Waals surface area contributed by atoms with Crippen molar-refractivity contribution in [3.8, 4) is 0 Å². The van der Waals surface area contributed by atoms with Gasteiger partial charge in [0.1, 0.15) is 42.9 Å². The Morgan fingerprint density at radius 2 is 1.57 bits per heavy atom. The van der Waals surface area contributed by atoms with Crippen molar-refractivity contribution in [2.45, 2.75) is 101 Å². The van der Waals surface area contributed by atoms with Crippen molar-refractivity contribution in [1.29, 1.82) is 0 Å². The van der Waals surface area contributed by atoms with Crippen LogP contribution in [0, 0.1) is 5.92 Å². The molecule has 15 heteroatoms. The summed E-state index contributed by atoms with van der Waals surface area (Å²) >= 11 is 0. The Bertz CT molecular complexity index is 1730. The topological polar surface area (TPSA) is 187 Å². The molecular formula is C39H49N7O8. The molecule has 6 rings (SSSR count). The molecule has 0 bridgehead atoms. The lowest BCUT2D eigenvalue weighted by atomic mass is 9.99. The number of benzene rings is 1. The maximum atomic E-state index is 14.5. The number of esters is 1. The standard InChI is InChI=1S/C39H49N7O8/c1-24-18-32-39(53)54-23-29(43-34(48)28(19-26-10-4-3-5-11-26)42-33(47)20-27-12-8-15-40-21-27)37(51)45-17-9-14-31(45)38(52)44-16-7-6-13-30(44)35(49)41-25(2)36(50)46(32)22-24/h3-5,8,10-12,15,21,24-25,28-32H,6-7,9,13-14,16-20,22-23H2,1-2H3,(H,41,49)(H,42,47)(H,43,48)/t24-,25-,28-,29-,30-,31-,32-/m0/s1. The van der Waals surface area contributed by atoms with E-state index in [-0.39, 0.29) is 37.8 Å². The first-order chi connectivity index (χ1) is 26.0. The smallest absolute Gasteiger partial charge is 0.328 e. The fourth-order valence-electron chi connectivity index (χ4n) is 7.98. The van der Waals surface area contributed by atoms with Crippen LogP contribution in [0.25, 0.3) is 0 Å². The number of fused-ring (bicyclic) bond motifs is 3. The quantitative estimate of drug-likeness (QED) is 0.340. The fraction of sp³-hybridized carbons (Fsp3) is 0.538. The van der Waals surface area contributed by atoms with Crippen LogP contribution in [0.15, 0.2) is 54.9 Å². The number of aromatic nitrogens is 1. The van der Waals surface area contributed by atoms with E-state index in [1.54, 1.807) is 31.5 Å². The number of nitrogens with one attached hydrogen (secondary N) is 3. The Labute approximate surface area is 314 Å². The molecule has 0 saturated carbocycles. The highest BCUT2D eigenvalue weighted by atomic mass is 16.5. The van der Waals surface area contributed by atoms with Crippen LogP contribution >= 0.6 is 0 Å². The normalized spacial score (nSPS) is 27.3. The monoisotopic (exact) mass is 743 g/mol. The Morgan fingerprint density at radius 3 is 2.33 bits per heavy atom. The first-order valence-corrected chi connectivity index (χ1v) is 18.9. The summed E-state index contributed by atoms with van der Waals surface area (Å²) < 4.78 is 5.74. The van der Waals surface area contributed by atoms with E-state index in [0.717, 1.165) is 5.56 Å². The lowest BCUT2D eigenvalue weighted by molar-refractivity contribution is -0.158. The Balaban J connectivity index is 1.30. The van der Waals surface area contributed by atoms with Gasteiger partial charge in [-0.1, -0.05) is 43.3 Å². The van der Waals surface area contributed by atoms with Gasteiger partial charge < -0.3 is 35.4 Å². The minimum atomic E-state index is -1.42. The Kier molecular flexibility index (Phi) is 12.2. The van der Waals surface area contributed by atoms with E-state index in [1.807, 2.05) is 37.3 Å². The minimum absolute atomic E-state index is 0.0346. The molecule has 4 aliphatic heterocycles. The molecule has 0 spiro atoms. The molecule has 0 radical (unpaired) electrons. The van der Waals surface area contributed by atoms with Crippen LogP contribution < -0.4 is 16.0 Å². The summed E-state index contributed by atoms with van der Waals surface area (Å²) in [5.74, 6) is -3.83. The highest BCUT2D eigenvalue weighted by Crippen LogP contribution is 2.28. The van der Waals surface area contributed by atoms with Gasteiger partial charge in [0.2, 0.25) is 35.4 Å². The second-order valence-electron chi connectivity index (χ2n) is 14.8. The number of carbonyl (C=O) groups is 7. The van der Waals surface area contributed by atoms with E-state index in [2.05, 4.69) is 20.9 Å². The van der Waals surface area contributed by atoms with Gasteiger partial charge in [-0.3, -0.25) is 33.8 Å². The molecule has 0 unspecified atom stereocenters. The minimum Gasteiger partial charge on any atom is -0.461 e. The molecular weight excluding hydrogens is 694 g/mol. The molecule has 3 N–H and O–H groups in total. The van der Waals surface area contributed by atoms with Gasteiger partial charge in [-0.25, -0.2) is 4.79 Å². The second-order valence-corrected chi connectivity index (χ2v) is 14.8. The van der Waals surface area contributed by atoms with Gasteiger partial charge in [0.05, 0.1) is 6.42 Å². The molecule has 0 aliphatic carbocycles. The van der Waals surface area contributed by atoms with Crippen LogP contribution in [0.5, 0.6) is 0 Å². The van der Waals surface area contributed by atoms with Crippen molar-refractivity contribution in [1.82, 2.24) is 35.6 Å². The van der Waals surface area contributed by atoms with Crippen molar-refractivity contribution in [2.24, 2.45) is 5.92 Å². The largest absolute Gasteiger partial charge is 0.461 e. The average molecular weight is 744 g/mol. The third kappa shape index (κ3) is 8.88. The maximum absolute atomic E-state index is 14.5. The van der Waals surface area contributed by atoms with E-state index in [9.17, 15) is 33.6 Å². The van der Waals surface area contributed by atoms with E-state index < -0.39 is 78.4 Å². The van der Waals surface area contributed by atoms with Crippen molar-refractivity contribution in [3.63, 3.8) is 0 Å². The van der Waals surface area contributed by atoms with Crippen molar-refractivity contribution in [2.75, 3.05) is 26.2 Å². The van der Waals surface area contributed by atoms with Gasteiger partial charge in [-0.05, 0) is 68.6 Å². The van der Waals surface area contributed by atoms with Gasteiger partial charge in [-0.2, -0.15) is 0 Å². The maximum Gasteiger partial charge on any atom is 0.328 e. The van der Waals surface area contributed by atoms with E-state index >= 15 is 0 Å². The molecule has 4 aliphatic rings. The van der Waals surface area contributed by atoms with Gasteiger partial charge in [0, 0.05) is 38.4 Å². The lowest BCUT2D eigenvalue weighted by Crippen LogP contribution is -2.62. The molecule has 4 fully saturated rings. The highest BCUT2D eigenvalue weighted by molar-refractivity contribution is 5.98. The Hall–Kier alpha value is -5.34. The predicted molar refractivity (Wildman–Crippen MR) is 194 cm³/mol.